The number of benzene rings is 2. The van der Waals surface area contributed by atoms with Gasteiger partial charge in [0.15, 0.2) is 0 Å². The average Bonchev–Trinajstić information content (AvgIpc) is 2.52. The van der Waals surface area contributed by atoms with Gasteiger partial charge in [0.25, 0.3) is 0 Å². The molecule has 0 radical (unpaired) electrons. The molecule has 1 amide bonds. The number of carbonyl (C=O) groups is 1. The third kappa shape index (κ3) is 4.60. The second kappa shape index (κ2) is 7.99. The van der Waals surface area contributed by atoms with E-state index in [0.29, 0.717) is 26.9 Å². The van der Waals surface area contributed by atoms with Crippen molar-refractivity contribution in [2.24, 2.45) is 10.7 Å². The topological polar surface area (TPSA) is 75.7 Å². The fraction of sp³-hybridized carbons (Fsp3) is 0.111. The molecule has 0 aliphatic heterocycles. The van der Waals surface area contributed by atoms with Crippen LogP contribution in [0.25, 0.3) is 0 Å². The Hall–Kier alpha value is -2.30. The van der Waals surface area contributed by atoms with Crippen LogP contribution in [-0.2, 0) is 4.79 Å². The number of hydrogen-bond acceptors (Lipinski definition) is 3. The molecule has 24 heavy (non-hydrogen) atoms. The summed E-state index contributed by atoms with van der Waals surface area (Å²) in [6, 6.07) is 10.3. The maximum absolute atomic E-state index is 10.8. The molecule has 2 aromatic carbocycles. The van der Waals surface area contributed by atoms with Crippen molar-refractivity contribution < 1.29 is 9.90 Å². The quantitative estimate of drug-likeness (QED) is 0.780. The van der Waals surface area contributed by atoms with Crippen LogP contribution in [0, 0.1) is 6.92 Å². The smallest absolute Gasteiger partial charge is 0.221 e. The minimum Gasteiger partial charge on any atom is -0.507 e. The lowest BCUT2D eigenvalue weighted by molar-refractivity contribution is -0.117. The molecule has 0 bridgehead atoms. The first-order valence-corrected chi connectivity index (χ1v) is 7.90. The Morgan fingerprint density at radius 3 is 2.50 bits per heavy atom. The fourth-order valence-electron chi connectivity index (χ4n) is 2.12. The normalized spacial score (nSPS) is 11.9. The molecule has 4 nitrogen and oxygen atoms in total. The van der Waals surface area contributed by atoms with Crippen LogP contribution in [0.5, 0.6) is 5.75 Å². The summed E-state index contributed by atoms with van der Waals surface area (Å²) in [4.78, 5) is 15.2. The largest absolute Gasteiger partial charge is 0.507 e. The molecular formula is C18H16Cl2N2O2. The number of amides is 1. The Kier molecular flexibility index (Phi) is 6.01. The van der Waals surface area contributed by atoms with Crippen LogP contribution in [0.3, 0.4) is 0 Å². The fourth-order valence-corrected chi connectivity index (χ4v) is 2.52. The van der Waals surface area contributed by atoms with Crippen molar-refractivity contribution >= 4 is 34.8 Å². The standard InChI is InChI=1S/C18H16Cl2N2O2/c1-11-9-14(20)10-15(18(11)24)17(22-8-2-3-16(21)23)12-4-6-13(19)7-5-12/h2,4-10,24H,3H2,1H3,(H2,21,23)/b8-2+,22-17?. The summed E-state index contributed by atoms with van der Waals surface area (Å²) in [5.41, 5.74) is 7.49. The van der Waals surface area contributed by atoms with Crippen molar-refractivity contribution in [3.8, 4) is 5.75 Å². The van der Waals surface area contributed by atoms with Crippen molar-refractivity contribution in [1.29, 1.82) is 0 Å². The number of nitrogens with zero attached hydrogens (tertiary/aromatic N) is 1. The molecule has 0 unspecified atom stereocenters. The molecule has 0 aromatic heterocycles. The van der Waals surface area contributed by atoms with Crippen LogP contribution in [-0.4, -0.2) is 16.7 Å². The first kappa shape index (κ1) is 18.0. The Morgan fingerprint density at radius 2 is 1.88 bits per heavy atom. The second-order valence-electron chi connectivity index (χ2n) is 5.16. The van der Waals surface area contributed by atoms with E-state index in [-0.39, 0.29) is 12.2 Å². The van der Waals surface area contributed by atoms with E-state index in [0.717, 1.165) is 5.56 Å². The van der Waals surface area contributed by atoms with Crippen molar-refractivity contribution in [2.45, 2.75) is 13.3 Å². The monoisotopic (exact) mass is 362 g/mol. The number of carbonyl (C=O) groups excluding carboxylic acids is 1. The summed E-state index contributed by atoms with van der Waals surface area (Å²) in [6.07, 6.45) is 3.11. The molecule has 3 N–H and O–H groups in total. The Bertz CT molecular complexity index is 813. The summed E-state index contributed by atoms with van der Waals surface area (Å²) in [5, 5.41) is 11.5. The van der Waals surface area contributed by atoms with Gasteiger partial charge < -0.3 is 10.8 Å². The molecule has 0 heterocycles. The van der Waals surface area contributed by atoms with E-state index in [4.69, 9.17) is 28.9 Å². The van der Waals surface area contributed by atoms with Gasteiger partial charge >= 0.3 is 0 Å². The highest BCUT2D eigenvalue weighted by Gasteiger charge is 2.14. The number of hydrogen-bond donors (Lipinski definition) is 2. The molecule has 0 saturated carbocycles. The van der Waals surface area contributed by atoms with E-state index in [1.807, 2.05) is 0 Å². The van der Waals surface area contributed by atoms with Gasteiger partial charge in [0, 0.05) is 33.8 Å². The first-order valence-electron chi connectivity index (χ1n) is 7.15. The van der Waals surface area contributed by atoms with Gasteiger partial charge in [-0.15, -0.1) is 0 Å². The van der Waals surface area contributed by atoms with Gasteiger partial charge in [0.05, 0.1) is 5.71 Å². The Balaban J connectivity index is 2.55. The molecule has 0 saturated heterocycles. The molecular weight excluding hydrogens is 347 g/mol. The zero-order valence-corrected chi connectivity index (χ0v) is 14.5. The minimum absolute atomic E-state index is 0.0813. The number of aliphatic imine (C=N–C) groups is 1. The second-order valence-corrected chi connectivity index (χ2v) is 6.03. The summed E-state index contributed by atoms with van der Waals surface area (Å²) >= 11 is 12.0. The zero-order valence-electron chi connectivity index (χ0n) is 13.0. The number of aryl methyl sites for hydroxylation is 1. The first-order chi connectivity index (χ1) is 11.4. The molecule has 124 valence electrons. The van der Waals surface area contributed by atoms with Crippen LogP contribution in [0.1, 0.15) is 23.1 Å². The van der Waals surface area contributed by atoms with E-state index < -0.39 is 5.91 Å². The lowest BCUT2D eigenvalue weighted by atomic mass is 9.99. The van der Waals surface area contributed by atoms with E-state index in [1.54, 1.807) is 49.4 Å². The van der Waals surface area contributed by atoms with E-state index in [9.17, 15) is 9.90 Å². The van der Waals surface area contributed by atoms with Crippen LogP contribution in [0.15, 0.2) is 53.7 Å². The van der Waals surface area contributed by atoms with Crippen LogP contribution < -0.4 is 5.73 Å². The Morgan fingerprint density at radius 1 is 1.21 bits per heavy atom. The number of phenolic OH excluding ortho intramolecular Hbond substituents is 1. The maximum atomic E-state index is 10.8. The summed E-state index contributed by atoms with van der Waals surface area (Å²) < 4.78 is 0. The Labute approximate surface area is 150 Å². The molecule has 0 spiro atoms. The number of aromatic hydroxyl groups is 1. The van der Waals surface area contributed by atoms with Gasteiger partial charge in [-0.2, -0.15) is 0 Å². The van der Waals surface area contributed by atoms with Crippen molar-refractivity contribution in [2.75, 3.05) is 0 Å². The average molecular weight is 363 g/mol. The molecule has 2 aromatic rings. The van der Waals surface area contributed by atoms with Crippen LogP contribution in [0.4, 0.5) is 0 Å². The maximum Gasteiger partial charge on any atom is 0.221 e. The van der Waals surface area contributed by atoms with Gasteiger partial charge in [0.2, 0.25) is 5.91 Å². The van der Waals surface area contributed by atoms with E-state index in [1.165, 1.54) is 6.20 Å². The summed E-state index contributed by atoms with van der Waals surface area (Å²) in [5.74, 6) is -0.354. The summed E-state index contributed by atoms with van der Waals surface area (Å²) in [7, 11) is 0. The molecule has 6 heteroatoms. The van der Waals surface area contributed by atoms with Crippen molar-refractivity contribution in [3.63, 3.8) is 0 Å². The number of halogens is 2. The number of phenols is 1. The van der Waals surface area contributed by atoms with Crippen molar-refractivity contribution in [3.05, 3.63) is 75.4 Å². The van der Waals surface area contributed by atoms with E-state index in [2.05, 4.69) is 4.99 Å². The third-order valence-corrected chi connectivity index (χ3v) is 3.74. The van der Waals surface area contributed by atoms with Gasteiger partial charge in [-0.25, -0.2) is 0 Å². The van der Waals surface area contributed by atoms with Gasteiger partial charge in [0.1, 0.15) is 5.75 Å². The molecule has 0 atom stereocenters. The van der Waals surface area contributed by atoms with E-state index >= 15 is 0 Å². The minimum atomic E-state index is -0.448. The number of primary amides is 1. The molecule has 0 aliphatic rings. The summed E-state index contributed by atoms with van der Waals surface area (Å²) in [6.45, 7) is 1.76. The van der Waals surface area contributed by atoms with Crippen molar-refractivity contribution in [1.82, 2.24) is 0 Å². The third-order valence-electron chi connectivity index (χ3n) is 3.27. The molecule has 2 rings (SSSR count). The number of rotatable bonds is 5. The zero-order chi connectivity index (χ0) is 17.7. The predicted molar refractivity (Wildman–Crippen MR) is 97.9 cm³/mol. The van der Waals surface area contributed by atoms with Gasteiger partial charge in [-0.1, -0.05) is 41.4 Å². The van der Waals surface area contributed by atoms with Crippen LogP contribution in [0.2, 0.25) is 10.0 Å². The van der Waals surface area contributed by atoms with Gasteiger partial charge in [-0.05, 0) is 36.8 Å². The number of nitrogens with two attached hydrogens (primary N) is 1. The lowest BCUT2D eigenvalue weighted by Gasteiger charge is -2.11. The highest BCUT2D eigenvalue weighted by Crippen LogP contribution is 2.29. The van der Waals surface area contributed by atoms with Crippen LogP contribution >= 0.6 is 23.2 Å². The van der Waals surface area contributed by atoms with Gasteiger partial charge in [-0.3, -0.25) is 9.79 Å². The molecule has 0 aliphatic carbocycles. The highest BCUT2D eigenvalue weighted by molar-refractivity contribution is 6.32. The lowest BCUT2D eigenvalue weighted by Crippen LogP contribution is -2.08. The SMILES string of the molecule is Cc1cc(Cl)cc(C(=N/C=C/CC(N)=O)c2ccc(Cl)cc2)c1O. The predicted octanol–water partition coefficient (Wildman–Crippen LogP) is 4.23. The highest BCUT2D eigenvalue weighted by atomic mass is 35.5. The molecule has 0 fully saturated rings.